The first-order valence-electron chi connectivity index (χ1n) is 5.36. The number of benzene rings is 1. The van der Waals surface area contributed by atoms with Crippen molar-refractivity contribution in [1.29, 1.82) is 0 Å². The number of rotatable bonds is 4. The highest BCUT2D eigenvalue weighted by atomic mass is 19.4. The molecule has 0 aliphatic heterocycles. The van der Waals surface area contributed by atoms with Crippen molar-refractivity contribution in [3.05, 3.63) is 35.1 Å². The van der Waals surface area contributed by atoms with Crippen LogP contribution in [0.25, 0.3) is 0 Å². The second-order valence-corrected chi connectivity index (χ2v) is 3.61. The smallest absolute Gasteiger partial charge is 0.416 e. The monoisotopic (exact) mass is 264 g/mol. The molecular formula is C12H12F4O2. The molecule has 0 N–H and O–H groups in total. The number of carbonyl (C=O) groups is 1. The van der Waals surface area contributed by atoms with E-state index in [1.807, 2.05) is 0 Å². The van der Waals surface area contributed by atoms with E-state index in [-0.39, 0.29) is 25.0 Å². The molecule has 2 nitrogen and oxygen atoms in total. The molecule has 1 rings (SSSR count). The fourth-order valence-electron chi connectivity index (χ4n) is 1.40. The first-order valence-corrected chi connectivity index (χ1v) is 5.36. The molecule has 100 valence electrons. The quantitative estimate of drug-likeness (QED) is 0.616. The van der Waals surface area contributed by atoms with E-state index in [0.717, 1.165) is 12.1 Å². The van der Waals surface area contributed by atoms with Gasteiger partial charge in [-0.25, -0.2) is 4.39 Å². The van der Waals surface area contributed by atoms with Gasteiger partial charge in [0.05, 0.1) is 12.2 Å². The lowest BCUT2D eigenvalue weighted by atomic mass is 10.1. The van der Waals surface area contributed by atoms with Crippen LogP contribution in [0.15, 0.2) is 18.2 Å². The van der Waals surface area contributed by atoms with Gasteiger partial charge < -0.3 is 4.74 Å². The van der Waals surface area contributed by atoms with E-state index in [1.165, 1.54) is 0 Å². The van der Waals surface area contributed by atoms with Crippen LogP contribution in [0.4, 0.5) is 17.6 Å². The third-order valence-corrected chi connectivity index (χ3v) is 2.28. The summed E-state index contributed by atoms with van der Waals surface area (Å²) in [5.41, 5.74) is -0.976. The van der Waals surface area contributed by atoms with E-state index in [1.54, 1.807) is 6.92 Å². The number of alkyl halides is 3. The fraction of sp³-hybridized carbons (Fsp3) is 0.417. The predicted molar refractivity (Wildman–Crippen MR) is 56.4 cm³/mol. The standard InChI is InChI=1S/C12H12F4O2/c1-2-18-11(17)6-4-8-3-5-9(7-10(8)13)12(14,15)16/h3,5,7H,2,4,6H2,1H3. The van der Waals surface area contributed by atoms with Crippen molar-refractivity contribution in [2.75, 3.05) is 6.61 Å². The first kappa shape index (κ1) is 14.5. The Bertz CT molecular complexity index is 427. The molecule has 0 fully saturated rings. The van der Waals surface area contributed by atoms with Crippen LogP contribution < -0.4 is 0 Å². The van der Waals surface area contributed by atoms with Crippen molar-refractivity contribution in [3.8, 4) is 0 Å². The average Bonchev–Trinajstić information content (AvgIpc) is 2.26. The van der Waals surface area contributed by atoms with Gasteiger partial charge in [0, 0.05) is 6.42 Å². The Hall–Kier alpha value is -1.59. The molecule has 18 heavy (non-hydrogen) atoms. The maximum absolute atomic E-state index is 13.4. The number of esters is 1. The maximum atomic E-state index is 13.4. The molecule has 0 bridgehead atoms. The van der Waals surface area contributed by atoms with Gasteiger partial charge in [-0.3, -0.25) is 4.79 Å². The lowest BCUT2D eigenvalue weighted by molar-refractivity contribution is -0.143. The van der Waals surface area contributed by atoms with E-state index >= 15 is 0 Å². The van der Waals surface area contributed by atoms with E-state index in [2.05, 4.69) is 4.74 Å². The van der Waals surface area contributed by atoms with E-state index in [0.29, 0.717) is 6.07 Å². The van der Waals surface area contributed by atoms with Crippen molar-refractivity contribution in [1.82, 2.24) is 0 Å². The molecule has 0 aromatic heterocycles. The Morgan fingerprint density at radius 2 is 2.00 bits per heavy atom. The Balaban J connectivity index is 2.72. The second kappa shape index (κ2) is 5.84. The first-order chi connectivity index (χ1) is 8.34. The second-order valence-electron chi connectivity index (χ2n) is 3.61. The van der Waals surface area contributed by atoms with Crippen LogP contribution in [-0.2, 0) is 22.1 Å². The zero-order chi connectivity index (χ0) is 13.8. The molecule has 0 amide bonds. The van der Waals surface area contributed by atoms with Crippen LogP contribution in [0.3, 0.4) is 0 Å². The minimum atomic E-state index is -4.57. The molecule has 0 radical (unpaired) electrons. The molecule has 0 spiro atoms. The summed E-state index contributed by atoms with van der Waals surface area (Å²) >= 11 is 0. The summed E-state index contributed by atoms with van der Waals surface area (Å²) in [6.45, 7) is 1.85. The van der Waals surface area contributed by atoms with Gasteiger partial charge in [-0.05, 0) is 31.0 Å². The van der Waals surface area contributed by atoms with Gasteiger partial charge >= 0.3 is 12.1 Å². The summed E-state index contributed by atoms with van der Waals surface area (Å²) in [7, 11) is 0. The molecule has 1 aromatic carbocycles. The lowest BCUT2D eigenvalue weighted by Gasteiger charge is -2.09. The number of hydrogen-bond acceptors (Lipinski definition) is 2. The molecular weight excluding hydrogens is 252 g/mol. The normalized spacial score (nSPS) is 11.4. The largest absolute Gasteiger partial charge is 0.466 e. The number of carbonyl (C=O) groups excluding carboxylic acids is 1. The molecule has 0 saturated carbocycles. The highest BCUT2D eigenvalue weighted by molar-refractivity contribution is 5.69. The zero-order valence-electron chi connectivity index (χ0n) is 9.68. The predicted octanol–water partition coefficient (Wildman–Crippen LogP) is 3.34. The van der Waals surface area contributed by atoms with Crippen LogP contribution in [0.5, 0.6) is 0 Å². The van der Waals surface area contributed by atoms with E-state index in [4.69, 9.17) is 0 Å². The molecule has 0 heterocycles. The van der Waals surface area contributed by atoms with E-state index < -0.39 is 23.5 Å². The van der Waals surface area contributed by atoms with Gasteiger partial charge in [0.1, 0.15) is 5.82 Å². The van der Waals surface area contributed by atoms with Gasteiger partial charge in [-0.2, -0.15) is 13.2 Å². The maximum Gasteiger partial charge on any atom is 0.416 e. The molecule has 0 unspecified atom stereocenters. The number of halogens is 4. The highest BCUT2D eigenvalue weighted by Crippen LogP contribution is 2.30. The number of hydrogen-bond donors (Lipinski definition) is 0. The molecule has 0 saturated heterocycles. The Labute approximate surface area is 102 Å². The Morgan fingerprint density at radius 3 is 2.50 bits per heavy atom. The molecule has 6 heteroatoms. The van der Waals surface area contributed by atoms with Crippen molar-refractivity contribution in [3.63, 3.8) is 0 Å². The summed E-state index contributed by atoms with van der Waals surface area (Å²) in [6, 6.07) is 2.27. The fourth-order valence-corrected chi connectivity index (χ4v) is 1.40. The van der Waals surface area contributed by atoms with Crippen LogP contribution in [0.2, 0.25) is 0 Å². The van der Waals surface area contributed by atoms with Crippen molar-refractivity contribution >= 4 is 5.97 Å². The van der Waals surface area contributed by atoms with Crippen LogP contribution in [0.1, 0.15) is 24.5 Å². The van der Waals surface area contributed by atoms with Crippen LogP contribution in [-0.4, -0.2) is 12.6 Å². The van der Waals surface area contributed by atoms with Gasteiger partial charge in [0.25, 0.3) is 0 Å². The molecule has 1 aromatic rings. The van der Waals surface area contributed by atoms with Gasteiger partial charge in [0.15, 0.2) is 0 Å². The highest BCUT2D eigenvalue weighted by Gasteiger charge is 2.31. The van der Waals surface area contributed by atoms with Crippen LogP contribution >= 0.6 is 0 Å². The topological polar surface area (TPSA) is 26.3 Å². The summed E-state index contributed by atoms with van der Waals surface area (Å²) in [5.74, 6) is -1.47. The number of aryl methyl sites for hydroxylation is 1. The average molecular weight is 264 g/mol. The van der Waals surface area contributed by atoms with Gasteiger partial charge in [0.2, 0.25) is 0 Å². The van der Waals surface area contributed by atoms with Crippen LogP contribution in [0, 0.1) is 5.82 Å². The van der Waals surface area contributed by atoms with Gasteiger partial charge in [-0.1, -0.05) is 6.07 Å². The third-order valence-electron chi connectivity index (χ3n) is 2.28. The van der Waals surface area contributed by atoms with Crippen molar-refractivity contribution < 1.29 is 27.1 Å². The Morgan fingerprint density at radius 1 is 1.33 bits per heavy atom. The lowest BCUT2D eigenvalue weighted by Crippen LogP contribution is -2.08. The minimum Gasteiger partial charge on any atom is -0.466 e. The van der Waals surface area contributed by atoms with Gasteiger partial charge in [-0.15, -0.1) is 0 Å². The molecule has 0 aliphatic carbocycles. The number of ether oxygens (including phenoxy) is 1. The summed E-state index contributed by atoms with van der Waals surface area (Å²) in [5, 5.41) is 0. The SMILES string of the molecule is CCOC(=O)CCc1ccc(C(F)(F)F)cc1F. The third kappa shape index (κ3) is 4.01. The summed E-state index contributed by atoms with van der Waals surface area (Å²) in [4.78, 5) is 11.0. The zero-order valence-corrected chi connectivity index (χ0v) is 9.68. The van der Waals surface area contributed by atoms with Crippen molar-refractivity contribution in [2.45, 2.75) is 25.9 Å². The Kier molecular flexibility index (Phi) is 4.69. The summed E-state index contributed by atoms with van der Waals surface area (Å²) in [6.07, 6.45) is -4.61. The van der Waals surface area contributed by atoms with E-state index in [9.17, 15) is 22.4 Å². The molecule has 0 atom stereocenters. The summed E-state index contributed by atoms with van der Waals surface area (Å²) < 4.78 is 54.8. The molecule has 0 aliphatic rings. The van der Waals surface area contributed by atoms with Crippen molar-refractivity contribution in [2.24, 2.45) is 0 Å². The minimum absolute atomic E-state index is 0.0167.